The highest BCUT2D eigenvalue weighted by atomic mass is 15.1. The largest absolute Gasteiger partial charge is 0.356 e. The molecule has 1 N–H and O–H groups in total. The van der Waals surface area contributed by atoms with Gasteiger partial charge in [0.05, 0.1) is 11.0 Å². The van der Waals surface area contributed by atoms with Crippen molar-refractivity contribution in [1.82, 2.24) is 9.55 Å². The molecular weight excluding hydrogens is 414 g/mol. The molecule has 0 aliphatic carbocycles. The number of nitrogens with zero attached hydrogens (tertiary/aromatic N) is 2. The molecule has 5 aromatic carbocycles. The standard InChI is InChI=1S/C31H23N3/c1-3-9-23(10-4-1)24-15-19-26(20-16-24)32-27-21-17-25(18-22-27)31-33-29-13-7-8-14-30(29)34(31)28-11-5-2-6-12-28/h1-22,32H. The second-order valence-electron chi connectivity index (χ2n) is 8.24. The van der Waals surface area contributed by atoms with Crippen LogP contribution in [0.1, 0.15) is 0 Å². The molecule has 34 heavy (non-hydrogen) atoms. The number of fused-ring (bicyclic) bond motifs is 1. The topological polar surface area (TPSA) is 29.9 Å². The fourth-order valence-corrected chi connectivity index (χ4v) is 4.30. The lowest BCUT2D eigenvalue weighted by Gasteiger charge is -2.11. The van der Waals surface area contributed by atoms with Crippen molar-refractivity contribution < 1.29 is 0 Å². The Labute approximate surface area is 199 Å². The highest BCUT2D eigenvalue weighted by molar-refractivity contribution is 5.83. The van der Waals surface area contributed by atoms with Crippen molar-refractivity contribution in [3.63, 3.8) is 0 Å². The molecule has 3 heteroatoms. The van der Waals surface area contributed by atoms with Crippen molar-refractivity contribution in [2.75, 3.05) is 5.32 Å². The van der Waals surface area contributed by atoms with Crippen molar-refractivity contribution in [1.29, 1.82) is 0 Å². The van der Waals surface area contributed by atoms with Crippen LogP contribution in [0, 0.1) is 0 Å². The molecular formula is C31H23N3. The molecule has 0 saturated carbocycles. The Morgan fingerprint density at radius 3 is 1.68 bits per heavy atom. The number of hydrogen-bond donors (Lipinski definition) is 1. The molecule has 0 atom stereocenters. The van der Waals surface area contributed by atoms with E-state index in [9.17, 15) is 0 Å². The van der Waals surface area contributed by atoms with Crippen molar-refractivity contribution in [3.8, 4) is 28.2 Å². The van der Waals surface area contributed by atoms with Crippen LogP contribution in [-0.2, 0) is 0 Å². The third-order valence-corrected chi connectivity index (χ3v) is 6.00. The Kier molecular flexibility index (Phi) is 5.13. The molecule has 0 aliphatic rings. The van der Waals surface area contributed by atoms with E-state index in [1.165, 1.54) is 11.1 Å². The molecule has 162 valence electrons. The van der Waals surface area contributed by atoms with Crippen LogP contribution in [0.4, 0.5) is 11.4 Å². The van der Waals surface area contributed by atoms with Crippen LogP contribution in [0.25, 0.3) is 39.2 Å². The Hall–Kier alpha value is -4.63. The fraction of sp³-hybridized carbons (Fsp3) is 0. The summed E-state index contributed by atoms with van der Waals surface area (Å²) in [7, 11) is 0. The Balaban J connectivity index is 1.29. The first-order valence-corrected chi connectivity index (χ1v) is 11.4. The number of anilines is 2. The van der Waals surface area contributed by atoms with E-state index in [1.807, 2.05) is 18.2 Å². The van der Waals surface area contributed by atoms with Gasteiger partial charge in [-0.25, -0.2) is 4.98 Å². The molecule has 0 radical (unpaired) electrons. The van der Waals surface area contributed by atoms with Crippen molar-refractivity contribution in [2.45, 2.75) is 0 Å². The fourth-order valence-electron chi connectivity index (χ4n) is 4.30. The third-order valence-electron chi connectivity index (χ3n) is 6.00. The van der Waals surface area contributed by atoms with Gasteiger partial charge in [-0.1, -0.05) is 72.8 Å². The summed E-state index contributed by atoms with van der Waals surface area (Å²) in [6, 6.07) is 46.1. The normalized spacial score (nSPS) is 10.9. The zero-order valence-electron chi connectivity index (χ0n) is 18.6. The van der Waals surface area contributed by atoms with E-state index in [2.05, 4.69) is 125 Å². The number of imidazole rings is 1. The van der Waals surface area contributed by atoms with Gasteiger partial charge in [-0.3, -0.25) is 4.57 Å². The van der Waals surface area contributed by atoms with E-state index >= 15 is 0 Å². The van der Waals surface area contributed by atoms with Crippen LogP contribution in [0.3, 0.4) is 0 Å². The van der Waals surface area contributed by atoms with Crippen LogP contribution < -0.4 is 5.32 Å². The van der Waals surface area contributed by atoms with Crippen LogP contribution in [0.2, 0.25) is 0 Å². The van der Waals surface area contributed by atoms with E-state index in [1.54, 1.807) is 0 Å². The van der Waals surface area contributed by atoms with E-state index in [4.69, 9.17) is 4.98 Å². The molecule has 0 unspecified atom stereocenters. The molecule has 0 bridgehead atoms. The average molecular weight is 438 g/mol. The highest BCUT2D eigenvalue weighted by Gasteiger charge is 2.13. The molecule has 6 aromatic rings. The van der Waals surface area contributed by atoms with Crippen molar-refractivity contribution in [3.05, 3.63) is 133 Å². The summed E-state index contributed by atoms with van der Waals surface area (Å²) in [6.07, 6.45) is 0. The van der Waals surface area contributed by atoms with Gasteiger partial charge in [0.25, 0.3) is 0 Å². The van der Waals surface area contributed by atoms with Gasteiger partial charge >= 0.3 is 0 Å². The molecule has 0 saturated heterocycles. The van der Waals surface area contributed by atoms with Gasteiger partial charge in [-0.05, 0) is 71.8 Å². The number of benzene rings is 5. The molecule has 6 rings (SSSR count). The second kappa shape index (κ2) is 8.72. The summed E-state index contributed by atoms with van der Waals surface area (Å²) in [5.74, 6) is 0.936. The lowest BCUT2D eigenvalue weighted by atomic mass is 10.1. The predicted molar refractivity (Wildman–Crippen MR) is 142 cm³/mol. The smallest absolute Gasteiger partial charge is 0.145 e. The van der Waals surface area contributed by atoms with Gasteiger partial charge < -0.3 is 5.32 Å². The van der Waals surface area contributed by atoms with Gasteiger partial charge in [0.1, 0.15) is 5.82 Å². The van der Waals surface area contributed by atoms with Gasteiger partial charge in [0.15, 0.2) is 0 Å². The van der Waals surface area contributed by atoms with Gasteiger partial charge in [-0.2, -0.15) is 0 Å². The van der Waals surface area contributed by atoms with Gasteiger partial charge in [0.2, 0.25) is 0 Å². The van der Waals surface area contributed by atoms with Gasteiger partial charge in [-0.15, -0.1) is 0 Å². The monoisotopic (exact) mass is 437 g/mol. The molecule has 0 amide bonds. The minimum atomic E-state index is 0.936. The van der Waals surface area contributed by atoms with E-state index in [0.717, 1.165) is 39.5 Å². The van der Waals surface area contributed by atoms with Crippen LogP contribution in [0.15, 0.2) is 133 Å². The minimum Gasteiger partial charge on any atom is -0.356 e. The zero-order valence-corrected chi connectivity index (χ0v) is 18.6. The van der Waals surface area contributed by atoms with Crippen molar-refractivity contribution in [2.24, 2.45) is 0 Å². The molecule has 0 spiro atoms. The summed E-state index contributed by atoms with van der Waals surface area (Å²) in [5.41, 5.74) is 8.80. The van der Waals surface area contributed by atoms with E-state index in [-0.39, 0.29) is 0 Å². The number of rotatable bonds is 5. The van der Waals surface area contributed by atoms with Crippen LogP contribution in [0.5, 0.6) is 0 Å². The maximum absolute atomic E-state index is 4.95. The second-order valence-corrected chi connectivity index (χ2v) is 8.24. The van der Waals surface area contributed by atoms with Crippen LogP contribution in [-0.4, -0.2) is 9.55 Å². The number of nitrogens with one attached hydrogen (secondary N) is 1. The molecule has 0 aliphatic heterocycles. The number of aromatic nitrogens is 2. The van der Waals surface area contributed by atoms with E-state index in [0.29, 0.717) is 0 Å². The molecule has 0 fully saturated rings. The minimum absolute atomic E-state index is 0.936. The quantitative estimate of drug-likeness (QED) is 0.295. The number of para-hydroxylation sites is 3. The third kappa shape index (κ3) is 3.84. The Bertz CT molecular complexity index is 1530. The summed E-state index contributed by atoms with van der Waals surface area (Å²) in [6.45, 7) is 0. The Morgan fingerprint density at radius 2 is 1.00 bits per heavy atom. The van der Waals surface area contributed by atoms with Crippen molar-refractivity contribution >= 4 is 22.4 Å². The van der Waals surface area contributed by atoms with E-state index < -0.39 is 0 Å². The lowest BCUT2D eigenvalue weighted by molar-refractivity contribution is 1.10. The summed E-state index contributed by atoms with van der Waals surface area (Å²) < 4.78 is 2.22. The first kappa shape index (κ1) is 20.0. The first-order valence-electron chi connectivity index (χ1n) is 11.4. The average Bonchev–Trinajstić information content (AvgIpc) is 3.30. The van der Waals surface area contributed by atoms with Gasteiger partial charge in [0, 0.05) is 22.6 Å². The first-order chi connectivity index (χ1) is 16.8. The molecule has 1 aromatic heterocycles. The Morgan fingerprint density at radius 1 is 0.471 bits per heavy atom. The number of hydrogen-bond acceptors (Lipinski definition) is 2. The summed E-state index contributed by atoms with van der Waals surface area (Å²) in [5, 5.41) is 3.51. The summed E-state index contributed by atoms with van der Waals surface area (Å²) >= 11 is 0. The highest BCUT2D eigenvalue weighted by Crippen LogP contribution is 2.30. The lowest BCUT2D eigenvalue weighted by Crippen LogP contribution is -1.97. The maximum atomic E-state index is 4.95. The summed E-state index contributed by atoms with van der Waals surface area (Å²) in [4.78, 5) is 4.95. The molecule has 3 nitrogen and oxygen atoms in total. The SMILES string of the molecule is c1ccc(-c2ccc(Nc3ccc(-c4nc5ccccc5n4-c4ccccc4)cc3)cc2)cc1. The molecule has 1 heterocycles. The van der Waals surface area contributed by atoms with Crippen LogP contribution >= 0.6 is 0 Å². The predicted octanol–water partition coefficient (Wildman–Crippen LogP) is 8.10. The maximum Gasteiger partial charge on any atom is 0.145 e. The zero-order chi connectivity index (χ0) is 22.7.